The monoisotopic (exact) mass is 354 g/mol. The van der Waals surface area contributed by atoms with Gasteiger partial charge >= 0.3 is 0 Å². The highest BCUT2D eigenvalue weighted by Gasteiger charge is 2.31. The number of nitrogens with zero attached hydrogens (tertiary/aromatic N) is 3. The normalized spacial score (nSPS) is 20.0. The number of aryl methyl sites for hydroxylation is 2. The number of rotatable bonds is 3. The summed E-state index contributed by atoms with van der Waals surface area (Å²) in [7, 11) is 0. The van der Waals surface area contributed by atoms with Crippen molar-refractivity contribution in [2.45, 2.75) is 51.9 Å². The van der Waals surface area contributed by atoms with Crippen molar-refractivity contribution < 1.29 is 9.21 Å². The lowest BCUT2D eigenvalue weighted by molar-refractivity contribution is 0.0670. The van der Waals surface area contributed by atoms with Gasteiger partial charge in [0.15, 0.2) is 0 Å². The third-order valence-corrected chi connectivity index (χ3v) is 5.66. The maximum absolute atomic E-state index is 13.2. The van der Waals surface area contributed by atoms with E-state index < -0.39 is 0 Å². The lowest BCUT2D eigenvalue weighted by Crippen LogP contribution is -2.41. The Morgan fingerprint density at radius 3 is 2.92 bits per heavy atom. The number of amides is 1. The molecule has 0 saturated carbocycles. The van der Waals surface area contributed by atoms with Gasteiger partial charge in [-0.1, -0.05) is 0 Å². The van der Waals surface area contributed by atoms with Gasteiger partial charge in [-0.2, -0.15) is 0 Å². The highest BCUT2D eigenvalue weighted by atomic mass is 16.3. The van der Waals surface area contributed by atoms with E-state index in [1.54, 1.807) is 12.4 Å². The summed E-state index contributed by atoms with van der Waals surface area (Å²) in [5.41, 5.74) is 8.75. The molecular weight excluding hydrogens is 328 g/mol. The predicted molar refractivity (Wildman–Crippen MR) is 98.9 cm³/mol. The number of carbonyl (C=O) groups excluding carboxylic acids is 1. The zero-order valence-electron chi connectivity index (χ0n) is 15.3. The Labute approximate surface area is 153 Å². The number of aromatic nitrogens is 2. The fraction of sp³-hybridized carbons (Fsp3) is 0.550. The van der Waals surface area contributed by atoms with E-state index in [1.165, 1.54) is 0 Å². The number of nitrogen functional groups attached to an aromatic ring is 1. The molecule has 2 aliphatic rings. The topological polar surface area (TPSA) is 85.2 Å². The predicted octanol–water partition coefficient (Wildman–Crippen LogP) is 2.93. The van der Waals surface area contributed by atoms with Crippen molar-refractivity contribution in [1.29, 1.82) is 0 Å². The Bertz CT molecular complexity index is 814. The Hall–Kier alpha value is -2.37. The molecule has 26 heavy (non-hydrogen) atoms. The second kappa shape index (κ2) is 7.09. The largest absolute Gasteiger partial charge is 0.465 e. The van der Waals surface area contributed by atoms with Crippen LogP contribution in [0.5, 0.6) is 0 Å². The molecule has 0 aromatic carbocycles. The van der Waals surface area contributed by atoms with E-state index in [2.05, 4.69) is 9.97 Å². The molecule has 1 fully saturated rings. The number of fused-ring (bicyclic) bond motifs is 1. The molecule has 2 aromatic rings. The summed E-state index contributed by atoms with van der Waals surface area (Å²) in [6.45, 7) is 3.48. The number of anilines is 1. The van der Waals surface area contributed by atoms with Gasteiger partial charge in [-0.05, 0) is 51.4 Å². The number of furan rings is 1. The minimum absolute atomic E-state index is 0.131. The Morgan fingerprint density at radius 1 is 1.27 bits per heavy atom. The molecule has 0 radical (unpaired) electrons. The maximum Gasteiger partial charge on any atom is 0.257 e. The first kappa shape index (κ1) is 17.1. The second-order valence-electron chi connectivity index (χ2n) is 7.49. The highest BCUT2D eigenvalue weighted by Crippen LogP contribution is 2.31. The molecule has 138 valence electrons. The molecule has 0 spiro atoms. The summed E-state index contributed by atoms with van der Waals surface area (Å²) >= 11 is 0. The van der Waals surface area contributed by atoms with Crippen molar-refractivity contribution in [3.05, 3.63) is 40.7 Å². The number of nitrogens with two attached hydrogens (primary N) is 1. The molecule has 3 heterocycles. The fourth-order valence-corrected chi connectivity index (χ4v) is 4.37. The summed E-state index contributed by atoms with van der Waals surface area (Å²) < 4.78 is 5.90. The first-order valence-corrected chi connectivity index (χ1v) is 9.59. The van der Waals surface area contributed by atoms with Crippen LogP contribution in [0.2, 0.25) is 0 Å². The zero-order valence-corrected chi connectivity index (χ0v) is 15.3. The van der Waals surface area contributed by atoms with Crippen molar-refractivity contribution in [2.75, 3.05) is 18.8 Å². The van der Waals surface area contributed by atoms with Crippen LogP contribution in [0.15, 0.2) is 16.8 Å². The van der Waals surface area contributed by atoms with E-state index in [9.17, 15) is 4.79 Å². The lowest BCUT2D eigenvalue weighted by atomic mass is 9.91. The fourth-order valence-electron chi connectivity index (χ4n) is 4.37. The number of piperidine rings is 1. The zero-order chi connectivity index (χ0) is 18.1. The van der Waals surface area contributed by atoms with E-state index in [1.807, 2.05) is 11.8 Å². The Kier molecular flexibility index (Phi) is 4.66. The van der Waals surface area contributed by atoms with Crippen molar-refractivity contribution >= 4 is 11.7 Å². The average molecular weight is 354 g/mol. The van der Waals surface area contributed by atoms with Crippen LogP contribution in [0.4, 0.5) is 5.82 Å². The number of hydrogen-bond donors (Lipinski definition) is 1. The highest BCUT2D eigenvalue weighted by molar-refractivity contribution is 5.97. The van der Waals surface area contributed by atoms with Crippen LogP contribution in [0, 0.1) is 12.8 Å². The van der Waals surface area contributed by atoms with Gasteiger partial charge in [-0.15, -0.1) is 0 Å². The van der Waals surface area contributed by atoms with Gasteiger partial charge in [-0.3, -0.25) is 9.78 Å². The molecule has 6 nitrogen and oxygen atoms in total. The lowest BCUT2D eigenvalue weighted by Gasteiger charge is -2.33. The minimum atomic E-state index is 0.131. The van der Waals surface area contributed by atoms with Gasteiger partial charge < -0.3 is 15.1 Å². The van der Waals surface area contributed by atoms with E-state index in [4.69, 9.17) is 10.2 Å². The molecule has 6 heteroatoms. The molecule has 4 rings (SSSR count). The van der Waals surface area contributed by atoms with Crippen molar-refractivity contribution in [3.8, 4) is 0 Å². The van der Waals surface area contributed by atoms with Crippen LogP contribution in [-0.4, -0.2) is 33.9 Å². The molecule has 0 unspecified atom stereocenters. The van der Waals surface area contributed by atoms with Gasteiger partial charge in [0.25, 0.3) is 5.91 Å². The van der Waals surface area contributed by atoms with Crippen LogP contribution in [0.25, 0.3) is 0 Å². The summed E-state index contributed by atoms with van der Waals surface area (Å²) in [6.07, 6.45) is 10.4. The summed E-state index contributed by atoms with van der Waals surface area (Å²) in [4.78, 5) is 23.7. The molecule has 2 N–H and O–H groups in total. The van der Waals surface area contributed by atoms with Crippen LogP contribution in [-0.2, 0) is 19.3 Å². The summed E-state index contributed by atoms with van der Waals surface area (Å²) in [5.74, 6) is 2.80. The van der Waals surface area contributed by atoms with E-state index >= 15 is 0 Å². The first-order valence-electron chi connectivity index (χ1n) is 9.59. The van der Waals surface area contributed by atoms with Gasteiger partial charge in [0.05, 0.1) is 11.3 Å². The molecule has 0 bridgehead atoms. The van der Waals surface area contributed by atoms with Crippen LogP contribution < -0.4 is 5.73 Å². The third kappa shape index (κ3) is 3.20. The molecule has 1 saturated heterocycles. The van der Waals surface area contributed by atoms with Crippen LogP contribution in [0.3, 0.4) is 0 Å². The average Bonchev–Trinajstić information content (AvgIpc) is 2.99. The first-order chi connectivity index (χ1) is 12.6. The molecule has 1 aliphatic carbocycles. The summed E-state index contributed by atoms with van der Waals surface area (Å²) in [5, 5.41) is 0. The van der Waals surface area contributed by atoms with E-state index in [-0.39, 0.29) is 5.91 Å². The van der Waals surface area contributed by atoms with Gasteiger partial charge in [-0.25, -0.2) is 4.98 Å². The van der Waals surface area contributed by atoms with E-state index in [0.29, 0.717) is 11.7 Å². The quantitative estimate of drug-likeness (QED) is 0.916. The minimum Gasteiger partial charge on any atom is -0.465 e. The standard InChI is InChI=1S/C20H26N4O2/c1-13-18(15-6-2-3-7-17(15)26-13)20(25)24-10-4-5-14(12-24)11-16-19(21)23-9-8-22-16/h8-9,14H,2-7,10-12H2,1H3,(H2,21,23)/t14-/m0/s1. The Morgan fingerprint density at radius 2 is 2.08 bits per heavy atom. The molecule has 1 atom stereocenters. The summed E-state index contributed by atoms with van der Waals surface area (Å²) in [6, 6.07) is 0. The smallest absolute Gasteiger partial charge is 0.257 e. The molecule has 2 aromatic heterocycles. The number of carbonyl (C=O) groups is 1. The number of hydrogen-bond acceptors (Lipinski definition) is 5. The van der Waals surface area contributed by atoms with Gasteiger partial charge in [0, 0.05) is 37.5 Å². The number of likely N-dealkylation sites (tertiary alicyclic amines) is 1. The van der Waals surface area contributed by atoms with Crippen molar-refractivity contribution in [3.63, 3.8) is 0 Å². The van der Waals surface area contributed by atoms with E-state index in [0.717, 1.165) is 86.4 Å². The Balaban J connectivity index is 1.50. The van der Waals surface area contributed by atoms with Gasteiger partial charge in [0.1, 0.15) is 17.3 Å². The van der Waals surface area contributed by atoms with Crippen LogP contribution in [0.1, 0.15) is 58.8 Å². The van der Waals surface area contributed by atoms with Crippen molar-refractivity contribution in [1.82, 2.24) is 14.9 Å². The van der Waals surface area contributed by atoms with Crippen LogP contribution >= 0.6 is 0 Å². The molecular formula is C20H26N4O2. The molecule has 1 aliphatic heterocycles. The van der Waals surface area contributed by atoms with Gasteiger partial charge in [0.2, 0.25) is 0 Å². The third-order valence-electron chi connectivity index (χ3n) is 5.66. The van der Waals surface area contributed by atoms with Crippen molar-refractivity contribution in [2.24, 2.45) is 5.92 Å². The second-order valence-corrected chi connectivity index (χ2v) is 7.49. The SMILES string of the molecule is Cc1oc2c(c1C(=O)N1CCC[C@@H](Cc3nccnc3N)C1)CCCC2. The maximum atomic E-state index is 13.2. The molecule has 1 amide bonds.